The highest BCUT2D eigenvalue weighted by molar-refractivity contribution is 7.19. The van der Waals surface area contributed by atoms with E-state index < -0.39 is 0 Å². The van der Waals surface area contributed by atoms with Crippen LogP contribution in [0.25, 0.3) is 10.1 Å². The van der Waals surface area contributed by atoms with Gasteiger partial charge in [0, 0.05) is 34.1 Å². The number of aromatic nitrogens is 2. The Balaban J connectivity index is 1.73. The molecule has 2 aromatic heterocycles. The second-order valence-corrected chi connectivity index (χ2v) is 5.49. The summed E-state index contributed by atoms with van der Waals surface area (Å²) in [6.45, 7) is 3.01. The molecule has 0 fully saturated rings. The van der Waals surface area contributed by atoms with Crippen LogP contribution in [-0.4, -0.2) is 10.2 Å². The third-order valence-electron chi connectivity index (χ3n) is 3.03. The molecule has 2 heterocycles. The molecule has 3 aromatic rings. The van der Waals surface area contributed by atoms with Gasteiger partial charge in [0.15, 0.2) is 0 Å². The number of H-pyrrole nitrogens is 1. The Kier molecular flexibility index (Phi) is 3.13. The van der Waals surface area contributed by atoms with Crippen molar-refractivity contribution in [1.82, 2.24) is 15.5 Å². The average molecular weight is 257 g/mol. The first kappa shape index (κ1) is 11.4. The molecule has 0 aliphatic heterocycles. The molecule has 0 saturated heterocycles. The Hall–Kier alpha value is -1.65. The molecule has 0 aliphatic rings. The lowest BCUT2D eigenvalue weighted by Gasteiger charge is -2.10. The molecule has 0 bridgehead atoms. The maximum atomic E-state index is 3.95. The Morgan fingerprint density at radius 1 is 1.33 bits per heavy atom. The first-order valence-electron chi connectivity index (χ1n) is 6.03. The van der Waals surface area contributed by atoms with Crippen LogP contribution in [0.4, 0.5) is 0 Å². The van der Waals surface area contributed by atoms with Gasteiger partial charge >= 0.3 is 0 Å². The number of rotatable bonds is 4. The van der Waals surface area contributed by atoms with Crippen molar-refractivity contribution in [1.29, 1.82) is 0 Å². The normalized spacial score (nSPS) is 12.9. The molecular formula is C14H15N3S. The Morgan fingerprint density at radius 3 is 3.00 bits per heavy atom. The molecule has 3 nitrogen and oxygen atoms in total. The molecule has 1 aromatic carbocycles. The molecule has 0 spiro atoms. The zero-order chi connectivity index (χ0) is 12.4. The summed E-state index contributed by atoms with van der Waals surface area (Å²) in [6.07, 6.45) is 1.78. The lowest BCUT2D eigenvalue weighted by atomic mass is 10.2. The molecule has 0 amide bonds. The predicted octanol–water partition coefficient (Wildman–Crippen LogP) is 3.48. The highest BCUT2D eigenvalue weighted by atomic mass is 32.1. The molecule has 1 atom stereocenters. The van der Waals surface area contributed by atoms with E-state index in [1.807, 2.05) is 17.4 Å². The number of nitrogens with one attached hydrogen (secondary N) is 2. The molecule has 2 N–H and O–H groups in total. The molecular weight excluding hydrogens is 242 g/mol. The first-order chi connectivity index (χ1) is 8.83. The summed E-state index contributed by atoms with van der Waals surface area (Å²) in [5, 5.41) is 11.7. The lowest BCUT2D eigenvalue weighted by Crippen LogP contribution is -2.17. The molecule has 3 rings (SSSR count). The zero-order valence-electron chi connectivity index (χ0n) is 10.2. The van der Waals surface area contributed by atoms with Crippen molar-refractivity contribution in [3.05, 3.63) is 53.2 Å². The second-order valence-electron chi connectivity index (χ2n) is 4.37. The lowest BCUT2D eigenvalue weighted by molar-refractivity contribution is 0.575. The van der Waals surface area contributed by atoms with Crippen molar-refractivity contribution in [2.75, 3.05) is 0 Å². The van der Waals surface area contributed by atoms with Gasteiger partial charge in [0.1, 0.15) is 0 Å². The molecule has 4 heteroatoms. The van der Waals surface area contributed by atoms with Crippen molar-refractivity contribution in [2.24, 2.45) is 0 Å². The van der Waals surface area contributed by atoms with Gasteiger partial charge < -0.3 is 5.32 Å². The number of thiophene rings is 1. The molecule has 92 valence electrons. The minimum atomic E-state index is 0.353. The van der Waals surface area contributed by atoms with Crippen molar-refractivity contribution in [3.8, 4) is 0 Å². The fourth-order valence-corrected chi connectivity index (χ4v) is 3.05. The largest absolute Gasteiger partial charge is 0.304 e. The smallest absolute Gasteiger partial charge is 0.0490 e. The number of benzene rings is 1. The molecule has 0 radical (unpaired) electrons. The number of hydrogen-bond donors (Lipinski definition) is 2. The van der Waals surface area contributed by atoms with Crippen LogP contribution in [-0.2, 0) is 6.54 Å². The van der Waals surface area contributed by atoms with Gasteiger partial charge in [-0.3, -0.25) is 5.10 Å². The fourth-order valence-electron chi connectivity index (χ4n) is 1.96. The van der Waals surface area contributed by atoms with Crippen molar-refractivity contribution in [2.45, 2.75) is 19.5 Å². The summed E-state index contributed by atoms with van der Waals surface area (Å²) in [6, 6.07) is 13.1. The highest BCUT2D eigenvalue weighted by Crippen LogP contribution is 2.29. The van der Waals surface area contributed by atoms with Crippen LogP contribution in [0.15, 0.2) is 42.6 Å². The SMILES string of the molecule is CC(NCc1ccn[nH]1)c1cc2ccccc2s1. The Bertz CT molecular complexity index is 594. The third-order valence-corrected chi connectivity index (χ3v) is 4.33. The topological polar surface area (TPSA) is 40.7 Å². The van der Waals surface area contributed by atoms with E-state index in [4.69, 9.17) is 0 Å². The van der Waals surface area contributed by atoms with Crippen LogP contribution < -0.4 is 5.32 Å². The van der Waals surface area contributed by atoms with E-state index in [2.05, 4.69) is 52.8 Å². The van der Waals surface area contributed by atoms with Gasteiger partial charge in [-0.25, -0.2) is 0 Å². The quantitative estimate of drug-likeness (QED) is 0.751. The molecule has 18 heavy (non-hydrogen) atoms. The Morgan fingerprint density at radius 2 is 2.22 bits per heavy atom. The minimum absolute atomic E-state index is 0.353. The average Bonchev–Trinajstić information content (AvgIpc) is 3.04. The van der Waals surface area contributed by atoms with E-state index in [0.29, 0.717) is 6.04 Å². The van der Waals surface area contributed by atoms with Crippen molar-refractivity contribution >= 4 is 21.4 Å². The summed E-state index contributed by atoms with van der Waals surface area (Å²) in [4.78, 5) is 1.37. The summed E-state index contributed by atoms with van der Waals surface area (Å²) in [7, 11) is 0. The zero-order valence-corrected chi connectivity index (χ0v) is 11.0. The fraction of sp³-hybridized carbons (Fsp3) is 0.214. The molecule has 0 saturated carbocycles. The highest BCUT2D eigenvalue weighted by Gasteiger charge is 2.09. The van der Waals surface area contributed by atoms with Gasteiger partial charge in [-0.15, -0.1) is 11.3 Å². The first-order valence-corrected chi connectivity index (χ1v) is 6.85. The van der Waals surface area contributed by atoms with Gasteiger partial charge in [-0.2, -0.15) is 5.10 Å². The van der Waals surface area contributed by atoms with E-state index in [9.17, 15) is 0 Å². The number of hydrogen-bond acceptors (Lipinski definition) is 3. The van der Waals surface area contributed by atoms with E-state index in [-0.39, 0.29) is 0 Å². The summed E-state index contributed by atoms with van der Waals surface area (Å²) in [5.41, 5.74) is 1.11. The molecule has 0 aliphatic carbocycles. The van der Waals surface area contributed by atoms with E-state index in [0.717, 1.165) is 12.2 Å². The van der Waals surface area contributed by atoms with Gasteiger partial charge in [0.25, 0.3) is 0 Å². The van der Waals surface area contributed by atoms with Gasteiger partial charge in [-0.1, -0.05) is 18.2 Å². The van der Waals surface area contributed by atoms with E-state index >= 15 is 0 Å². The third kappa shape index (κ3) is 2.30. The molecule has 1 unspecified atom stereocenters. The number of fused-ring (bicyclic) bond motifs is 1. The van der Waals surface area contributed by atoms with Crippen LogP contribution in [0.5, 0.6) is 0 Å². The van der Waals surface area contributed by atoms with Crippen LogP contribution in [0.3, 0.4) is 0 Å². The van der Waals surface area contributed by atoms with E-state index in [1.165, 1.54) is 15.0 Å². The second kappa shape index (κ2) is 4.92. The van der Waals surface area contributed by atoms with Crippen molar-refractivity contribution in [3.63, 3.8) is 0 Å². The maximum absolute atomic E-state index is 3.95. The van der Waals surface area contributed by atoms with Crippen LogP contribution in [0, 0.1) is 0 Å². The van der Waals surface area contributed by atoms with Crippen LogP contribution in [0.1, 0.15) is 23.5 Å². The Labute approximate surface area is 110 Å². The predicted molar refractivity (Wildman–Crippen MR) is 75.7 cm³/mol. The minimum Gasteiger partial charge on any atom is -0.304 e. The van der Waals surface area contributed by atoms with Crippen LogP contribution >= 0.6 is 11.3 Å². The van der Waals surface area contributed by atoms with Gasteiger partial charge in [-0.05, 0) is 30.5 Å². The standard InChI is InChI=1S/C14H15N3S/c1-10(15-9-12-6-7-16-17-12)14-8-11-4-2-3-5-13(11)18-14/h2-8,10,15H,9H2,1H3,(H,16,17). The van der Waals surface area contributed by atoms with E-state index in [1.54, 1.807) is 6.20 Å². The van der Waals surface area contributed by atoms with Gasteiger partial charge in [0.05, 0.1) is 0 Å². The van der Waals surface area contributed by atoms with Crippen molar-refractivity contribution < 1.29 is 0 Å². The monoisotopic (exact) mass is 257 g/mol. The van der Waals surface area contributed by atoms with Gasteiger partial charge in [0.2, 0.25) is 0 Å². The van der Waals surface area contributed by atoms with Crippen LogP contribution in [0.2, 0.25) is 0 Å². The summed E-state index contributed by atoms with van der Waals surface area (Å²) >= 11 is 1.85. The number of aromatic amines is 1. The maximum Gasteiger partial charge on any atom is 0.0490 e. The summed E-state index contributed by atoms with van der Waals surface area (Å²) in [5.74, 6) is 0. The summed E-state index contributed by atoms with van der Waals surface area (Å²) < 4.78 is 1.35. The number of nitrogens with zero attached hydrogens (tertiary/aromatic N) is 1.